The summed E-state index contributed by atoms with van der Waals surface area (Å²) in [6.45, 7) is 5.55. The van der Waals surface area contributed by atoms with Gasteiger partial charge in [-0.15, -0.1) is 0 Å². The summed E-state index contributed by atoms with van der Waals surface area (Å²) < 4.78 is 4.62. The van der Waals surface area contributed by atoms with Crippen LogP contribution >= 0.6 is 0 Å². The van der Waals surface area contributed by atoms with Gasteiger partial charge in [0.25, 0.3) is 0 Å². The Balaban J connectivity index is 4.31. The number of hydrogen-bond acceptors (Lipinski definition) is 3. The molecule has 0 bridgehead atoms. The number of hydrogen-bond donors (Lipinski definition) is 1. The van der Waals surface area contributed by atoms with E-state index in [0.29, 0.717) is 0 Å². The summed E-state index contributed by atoms with van der Waals surface area (Å²) in [7, 11) is 1.38. The zero-order valence-corrected chi connectivity index (χ0v) is 7.68. The number of methoxy groups -OCH3 is 1. The molecule has 0 aromatic carbocycles. The second-order valence-corrected chi connectivity index (χ2v) is 3.23. The molecule has 0 aromatic heterocycles. The highest BCUT2D eigenvalue weighted by molar-refractivity contribution is 5.76. The molecule has 0 aliphatic carbocycles. The zero-order valence-electron chi connectivity index (χ0n) is 7.68. The average Bonchev–Trinajstić information content (AvgIpc) is 2.01. The van der Waals surface area contributed by atoms with Gasteiger partial charge in [0.1, 0.15) is 0 Å². The summed E-state index contributed by atoms with van der Waals surface area (Å²) in [4.78, 5) is 11.1. The number of nitrogens with two attached hydrogens (primary N) is 1. The zero-order chi connectivity index (χ0) is 9.07. The monoisotopic (exact) mass is 159 g/mol. The van der Waals surface area contributed by atoms with Crippen LogP contribution in [0.25, 0.3) is 0 Å². The van der Waals surface area contributed by atoms with E-state index in [1.54, 1.807) is 13.8 Å². The molecule has 2 N–H and O–H groups in total. The van der Waals surface area contributed by atoms with Crippen LogP contribution < -0.4 is 5.73 Å². The standard InChI is InChI=1S/C8H17NO2/c1-5-6(9)8(2,3)7(10)11-4/h6H,5,9H2,1-4H3/t6-/m1/s1. The fraction of sp³-hybridized carbons (Fsp3) is 0.875. The molecule has 0 unspecified atom stereocenters. The van der Waals surface area contributed by atoms with Gasteiger partial charge >= 0.3 is 5.97 Å². The highest BCUT2D eigenvalue weighted by Crippen LogP contribution is 2.22. The SMILES string of the molecule is CC[C@@H](N)C(C)(C)C(=O)OC. The molecule has 0 spiro atoms. The second-order valence-electron chi connectivity index (χ2n) is 3.23. The van der Waals surface area contributed by atoms with Crippen molar-refractivity contribution in [2.75, 3.05) is 7.11 Å². The Hall–Kier alpha value is -0.570. The molecule has 1 atom stereocenters. The first-order valence-corrected chi connectivity index (χ1v) is 3.80. The van der Waals surface area contributed by atoms with E-state index >= 15 is 0 Å². The van der Waals surface area contributed by atoms with Crippen molar-refractivity contribution >= 4 is 5.97 Å². The van der Waals surface area contributed by atoms with Crippen molar-refractivity contribution in [3.8, 4) is 0 Å². The van der Waals surface area contributed by atoms with Gasteiger partial charge in [-0.25, -0.2) is 0 Å². The molecule has 0 saturated heterocycles. The molecule has 3 nitrogen and oxygen atoms in total. The molecule has 0 saturated carbocycles. The van der Waals surface area contributed by atoms with Crippen LogP contribution in [0.3, 0.4) is 0 Å². The summed E-state index contributed by atoms with van der Waals surface area (Å²) in [5.41, 5.74) is 5.16. The fourth-order valence-electron chi connectivity index (χ4n) is 0.925. The van der Waals surface area contributed by atoms with Crippen LogP contribution in [0.4, 0.5) is 0 Å². The van der Waals surface area contributed by atoms with E-state index in [-0.39, 0.29) is 12.0 Å². The van der Waals surface area contributed by atoms with Crippen LogP contribution in [0.1, 0.15) is 27.2 Å². The van der Waals surface area contributed by atoms with Crippen molar-refractivity contribution < 1.29 is 9.53 Å². The lowest BCUT2D eigenvalue weighted by Crippen LogP contribution is -2.43. The molecular formula is C8H17NO2. The van der Waals surface area contributed by atoms with E-state index in [9.17, 15) is 4.79 Å². The molecule has 0 rings (SSSR count). The first-order chi connectivity index (χ1) is 4.96. The first-order valence-electron chi connectivity index (χ1n) is 3.80. The van der Waals surface area contributed by atoms with Gasteiger partial charge in [0.15, 0.2) is 0 Å². The Bertz CT molecular complexity index is 143. The Morgan fingerprint density at radius 3 is 2.36 bits per heavy atom. The van der Waals surface area contributed by atoms with Crippen LogP contribution in [0.15, 0.2) is 0 Å². The van der Waals surface area contributed by atoms with Crippen LogP contribution in [0.5, 0.6) is 0 Å². The van der Waals surface area contributed by atoms with E-state index in [1.807, 2.05) is 6.92 Å². The third kappa shape index (κ3) is 2.19. The minimum atomic E-state index is -0.566. The molecule has 66 valence electrons. The fourth-order valence-corrected chi connectivity index (χ4v) is 0.925. The van der Waals surface area contributed by atoms with E-state index in [4.69, 9.17) is 5.73 Å². The molecule has 0 aliphatic heterocycles. The smallest absolute Gasteiger partial charge is 0.312 e. The molecule has 0 heterocycles. The third-order valence-corrected chi connectivity index (χ3v) is 2.08. The van der Waals surface area contributed by atoms with Gasteiger partial charge in [0.2, 0.25) is 0 Å². The van der Waals surface area contributed by atoms with Crippen molar-refractivity contribution in [2.24, 2.45) is 11.1 Å². The van der Waals surface area contributed by atoms with Crippen molar-refractivity contribution in [1.29, 1.82) is 0 Å². The van der Waals surface area contributed by atoms with Crippen molar-refractivity contribution in [2.45, 2.75) is 33.2 Å². The topological polar surface area (TPSA) is 52.3 Å². The van der Waals surface area contributed by atoms with Gasteiger partial charge in [-0.3, -0.25) is 4.79 Å². The Morgan fingerprint density at radius 1 is 1.64 bits per heavy atom. The first kappa shape index (κ1) is 10.4. The van der Waals surface area contributed by atoms with Crippen LogP contribution in [-0.4, -0.2) is 19.1 Å². The Kier molecular flexibility index (Phi) is 3.52. The predicted molar refractivity (Wildman–Crippen MR) is 44.1 cm³/mol. The minimum Gasteiger partial charge on any atom is -0.469 e. The van der Waals surface area contributed by atoms with Gasteiger partial charge in [-0.05, 0) is 20.3 Å². The average molecular weight is 159 g/mol. The van der Waals surface area contributed by atoms with Crippen LogP contribution in [0, 0.1) is 5.41 Å². The largest absolute Gasteiger partial charge is 0.469 e. The van der Waals surface area contributed by atoms with Crippen molar-refractivity contribution in [3.05, 3.63) is 0 Å². The van der Waals surface area contributed by atoms with Crippen LogP contribution in [0.2, 0.25) is 0 Å². The Morgan fingerprint density at radius 2 is 2.09 bits per heavy atom. The molecular weight excluding hydrogens is 142 g/mol. The van der Waals surface area contributed by atoms with Crippen molar-refractivity contribution in [1.82, 2.24) is 0 Å². The maximum Gasteiger partial charge on any atom is 0.312 e. The number of ether oxygens (including phenoxy) is 1. The number of rotatable bonds is 3. The molecule has 3 heteroatoms. The highest BCUT2D eigenvalue weighted by Gasteiger charge is 2.34. The van der Waals surface area contributed by atoms with E-state index in [1.165, 1.54) is 7.11 Å². The molecule has 0 fully saturated rings. The molecule has 11 heavy (non-hydrogen) atoms. The van der Waals surface area contributed by atoms with Gasteiger partial charge in [-0.2, -0.15) is 0 Å². The summed E-state index contributed by atoms with van der Waals surface area (Å²) in [6.07, 6.45) is 0.780. The summed E-state index contributed by atoms with van der Waals surface area (Å²) >= 11 is 0. The predicted octanol–water partition coefficient (Wildman–Crippen LogP) is 0.923. The summed E-state index contributed by atoms with van der Waals surface area (Å²) in [6, 6.07) is -0.130. The lowest BCUT2D eigenvalue weighted by Gasteiger charge is -2.27. The second kappa shape index (κ2) is 3.72. The summed E-state index contributed by atoms with van der Waals surface area (Å²) in [5, 5.41) is 0. The van der Waals surface area contributed by atoms with E-state index < -0.39 is 5.41 Å². The number of carbonyl (C=O) groups excluding carboxylic acids is 1. The maximum absolute atomic E-state index is 11.1. The van der Waals surface area contributed by atoms with Crippen LogP contribution in [-0.2, 0) is 9.53 Å². The Labute approximate surface area is 67.9 Å². The lowest BCUT2D eigenvalue weighted by atomic mass is 9.84. The quantitative estimate of drug-likeness (QED) is 0.623. The maximum atomic E-state index is 11.1. The van der Waals surface area contributed by atoms with E-state index in [2.05, 4.69) is 4.74 Å². The number of carbonyl (C=O) groups is 1. The van der Waals surface area contributed by atoms with Gasteiger partial charge < -0.3 is 10.5 Å². The molecule has 0 aliphatic rings. The molecule has 0 amide bonds. The number of esters is 1. The van der Waals surface area contributed by atoms with E-state index in [0.717, 1.165) is 6.42 Å². The lowest BCUT2D eigenvalue weighted by molar-refractivity contribution is -0.151. The third-order valence-electron chi connectivity index (χ3n) is 2.08. The molecule has 0 radical (unpaired) electrons. The van der Waals surface area contributed by atoms with Gasteiger partial charge in [0.05, 0.1) is 12.5 Å². The molecule has 0 aromatic rings. The normalized spacial score (nSPS) is 14.3. The van der Waals surface area contributed by atoms with Gasteiger partial charge in [0, 0.05) is 6.04 Å². The highest BCUT2D eigenvalue weighted by atomic mass is 16.5. The van der Waals surface area contributed by atoms with Gasteiger partial charge in [-0.1, -0.05) is 6.92 Å². The summed E-state index contributed by atoms with van der Waals surface area (Å²) in [5.74, 6) is -0.244. The van der Waals surface area contributed by atoms with Crippen molar-refractivity contribution in [3.63, 3.8) is 0 Å². The minimum absolute atomic E-state index is 0.130.